The van der Waals surface area contributed by atoms with Gasteiger partial charge in [0.15, 0.2) is 6.10 Å². The molecule has 0 saturated carbocycles. The monoisotopic (exact) mass is 322 g/mol. The molecule has 20 heavy (non-hydrogen) atoms. The van der Waals surface area contributed by atoms with E-state index in [0.717, 1.165) is 0 Å². The van der Waals surface area contributed by atoms with Crippen molar-refractivity contribution in [1.82, 2.24) is 0 Å². The fraction of sp³-hybridized carbons (Fsp3) is 0.300. The molecule has 0 aliphatic heterocycles. The van der Waals surface area contributed by atoms with Gasteiger partial charge in [0, 0.05) is 10.6 Å². The molecule has 0 fully saturated rings. The number of benzene rings is 1. The van der Waals surface area contributed by atoms with E-state index in [0.29, 0.717) is 0 Å². The van der Waals surface area contributed by atoms with Crippen LogP contribution in [0.4, 0.5) is 26.3 Å². The van der Waals surface area contributed by atoms with E-state index in [4.69, 9.17) is 21.8 Å². The standard InChI is InChI=1S/C10H5ClF6O3/c11-5-2-3(9(12,13)14)1-4(10(15,16)17)6(5)7(18)8(19)20/h1-2,7,18H,(H,19,20). The molecule has 1 unspecified atom stereocenters. The number of rotatable bonds is 2. The maximum absolute atomic E-state index is 12.7. The molecule has 0 spiro atoms. The maximum Gasteiger partial charge on any atom is 0.416 e. The highest BCUT2D eigenvalue weighted by atomic mass is 35.5. The molecule has 0 aliphatic rings. The minimum Gasteiger partial charge on any atom is -0.479 e. The Labute approximate surface area is 112 Å². The molecule has 1 rings (SSSR count). The number of carbonyl (C=O) groups is 1. The lowest BCUT2D eigenvalue weighted by Crippen LogP contribution is -2.20. The Bertz CT molecular complexity index is 537. The van der Waals surface area contributed by atoms with E-state index in [1.807, 2.05) is 0 Å². The highest BCUT2D eigenvalue weighted by Crippen LogP contribution is 2.42. The zero-order valence-corrected chi connectivity index (χ0v) is 9.94. The van der Waals surface area contributed by atoms with Gasteiger partial charge in [0.1, 0.15) is 0 Å². The Hall–Kier alpha value is -1.48. The SMILES string of the molecule is O=C(O)C(O)c1c(Cl)cc(C(F)(F)F)cc1C(F)(F)F. The van der Waals surface area contributed by atoms with Gasteiger partial charge in [0.25, 0.3) is 0 Å². The van der Waals surface area contributed by atoms with Crippen LogP contribution in [0, 0.1) is 0 Å². The van der Waals surface area contributed by atoms with Crippen LogP contribution >= 0.6 is 11.6 Å². The maximum atomic E-state index is 12.7. The normalized spacial score (nSPS) is 14.2. The Morgan fingerprint density at radius 3 is 1.95 bits per heavy atom. The summed E-state index contributed by atoms with van der Waals surface area (Å²) in [6.07, 6.45) is -13.1. The highest BCUT2D eigenvalue weighted by molar-refractivity contribution is 6.31. The van der Waals surface area contributed by atoms with E-state index < -0.39 is 46.1 Å². The molecular weight excluding hydrogens is 318 g/mol. The van der Waals surface area contributed by atoms with Crippen molar-refractivity contribution in [2.75, 3.05) is 0 Å². The second kappa shape index (κ2) is 5.13. The Morgan fingerprint density at radius 1 is 1.10 bits per heavy atom. The quantitative estimate of drug-likeness (QED) is 0.819. The van der Waals surface area contributed by atoms with Crippen LogP contribution in [-0.2, 0) is 17.1 Å². The summed E-state index contributed by atoms with van der Waals surface area (Å²) < 4.78 is 75.3. The first kappa shape index (κ1) is 16.6. The van der Waals surface area contributed by atoms with Gasteiger partial charge in [-0.15, -0.1) is 0 Å². The third kappa shape index (κ3) is 3.34. The number of aliphatic hydroxyl groups is 1. The number of hydrogen-bond acceptors (Lipinski definition) is 2. The molecule has 0 saturated heterocycles. The smallest absolute Gasteiger partial charge is 0.416 e. The van der Waals surface area contributed by atoms with Crippen molar-refractivity contribution in [2.24, 2.45) is 0 Å². The van der Waals surface area contributed by atoms with E-state index in [1.54, 1.807) is 0 Å². The van der Waals surface area contributed by atoms with E-state index in [2.05, 4.69) is 0 Å². The molecule has 1 aromatic rings. The van der Waals surface area contributed by atoms with Crippen molar-refractivity contribution >= 4 is 17.6 Å². The van der Waals surface area contributed by atoms with Crippen LogP contribution in [0.1, 0.15) is 22.8 Å². The van der Waals surface area contributed by atoms with Gasteiger partial charge in [-0.3, -0.25) is 0 Å². The Morgan fingerprint density at radius 2 is 1.60 bits per heavy atom. The first-order chi connectivity index (χ1) is 8.85. The van der Waals surface area contributed by atoms with Crippen LogP contribution in [0.3, 0.4) is 0 Å². The first-order valence-electron chi connectivity index (χ1n) is 4.74. The Balaban J connectivity index is 3.64. The fourth-order valence-corrected chi connectivity index (χ4v) is 1.74. The summed E-state index contributed by atoms with van der Waals surface area (Å²) in [6.45, 7) is 0. The van der Waals surface area contributed by atoms with Crippen LogP contribution in [0.25, 0.3) is 0 Å². The van der Waals surface area contributed by atoms with Crippen LogP contribution in [0.5, 0.6) is 0 Å². The lowest BCUT2D eigenvalue weighted by Gasteiger charge is -2.19. The summed E-state index contributed by atoms with van der Waals surface area (Å²) in [5.41, 5.74) is -4.98. The highest BCUT2D eigenvalue weighted by Gasteiger charge is 2.41. The van der Waals surface area contributed by atoms with Gasteiger partial charge >= 0.3 is 18.3 Å². The molecule has 1 aromatic carbocycles. The third-order valence-corrected chi connectivity index (χ3v) is 2.58. The van der Waals surface area contributed by atoms with Gasteiger partial charge in [-0.25, -0.2) is 4.79 Å². The zero-order valence-electron chi connectivity index (χ0n) is 9.18. The van der Waals surface area contributed by atoms with Gasteiger partial charge in [-0.1, -0.05) is 11.6 Å². The summed E-state index contributed by atoms with van der Waals surface area (Å²) in [7, 11) is 0. The molecule has 10 heteroatoms. The van der Waals surface area contributed by atoms with Crippen molar-refractivity contribution in [1.29, 1.82) is 0 Å². The first-order valence-corrected chi connectivity index (χ1v) is 5.12. The average Bonchev–Trinajstić information content (AvgIpc) is 2.24. The number of hydrogen-bond donors (Lipinski definition) is 2. The Kier molecular flexibility index (Phi) is 4.25. The molecule has 3 nitrogen and oxygen atoms in total. The fourth-order valence-electron chi connectivity index (χ4n) is 1.42. The average molecular weight is 323 g/mol. The summed E-state index contributed by atoms with van der Waals surface area (Å²) in [5.74, 6) is -2.07. The minimum atomic E-state index is -5.31. The molecule has 0 aromatic heterocycles. The number of carboxylic acid groups (broad SMARTS) is 1. The van der Waals surface area contributed by atoms with Gasteiger partial charge in [-0.05, 0) is 12.1 Å². The zero-order chi connectivity index (χ0) is 15.9. The summed E-state index contributed by atoms with van der Waals surface area (Å²) >= 11 is 5.26. The van der Waals surface area contributed by atoms with E-state index in [-0.39, 0.29) is 12.1 Å². The number of alkyl halides is 6. The number of carboxylic acids is 1. The largest absolute Gasteiger partial charge is 0.479 e. The minimum absolute atomic E-state index is 0.123. The number of aliphatic carboxylic acids is 1. The predicted molar refractivity (Wildman–Crippen MR) is 54.1 cm³/mol. The van der Waals surface area contributed by atoms with Crippen molar-refractivity contribution in [3.63, 3.8) is 0 Å². The van der Waals surface area contributed by atoms with E-state index in [1.165, 1.54) is 0 Å². The van der Waals surface area contributed by atoms with Crippen molar-refractivity contribution in [3.05, 3.63) is 33.8 Å². The number of aliphatic hydroxyl groups excluding tert-OH is 1. The van der Waals surface area contributed by atoms with Gasteiger partial charge < -0.3 is 10.2 Å². The molecule has 0 radical (unpaired) electrons. The molecular formula is C10H5ClF6O3. The van der Waals surface area contributed by atoms with Crippen LogP contribution < -0.4 is 0 Å². The number of halogens is 7. The van der Waals surface area contributed by atoms with Crippen LogP contribution in [0.2, 0.25) is 5.02 Å². The summed E-state index contributed by atoms with van der Waals surface area (Å²) in [6, 6.07) is -0.175. The molecule has 0 aliphatic carbocycles. The summed E-state index contributed by atoms with van der Waals surface area (Å²) in [4.78, 5) is 10.5. The van der Waals surface area contributed by atoms with Gasteiger partial charge in [0.05, 0.1) is 11.1 Å². The van der Waals surface area contributed by atoms with Crippen LogP contribution in [-0.4, -0.2) is 16.2 Å². The van der Waals surface area contributed by atoms with Crippen molar-refractivity contribution in [3.8, 4) is 0 Å². The molecule has 112 valence electrons. The van der Waals surface area contributed by atoms with Crippen molar-refractivity contribution < 1.29 is 41.4 Å². The molecule has 0 amide bonds. The second-order valence-corrected chi connectivity index (χ2v) is 4.06. The van der Waals surface area contributed by atoms with Crippen LogP contribution in [0.15, 0.2) is 12.1 Å². The molecule has 1 atom stereocenters. The second-order valence-electron chi connectivity index (χ2n) is 3.66. The topological polar surface area (TPSA) is 57.5 Å². The predicted octanol–water partition coefficient (Wildman–Crippen LogP) is 3.50. The lowest BCUT2D eigenvalue weighted by molar-refractivity contribution is -0.149. The molecule has 0 heterocycles. The van der Waals surface area contributed by atoms with Gasteiger partial charge in [0.2, 0.25) is 0 Å². The van der Waals surface area contributed by atoms with Gasteiger partial charge in [-0.2, -0.15) is 26.3 Å². The summed E-state index contributed by atoms with van der Waals surface area (Å²) in [5, 5.41) is 16.5. The van der Waals surface area contributed by atoms with E-state index >= 15 is 0 Å². The van der Waals surface area contributed by atoms with E-state index in [9.17, 15) is 31.1 Å². The third-order valence-electron chi connectivity index (χ3n) is 2.27. The lowest BCUT2D eigenvalue weighted by atomic mass is 9.98. The molecule has 2 N–H and O–H groups in total. The van der Waals surface area contributed by atoms with Crippen molar-refractivity contribution in [2.45, 2.75) is 18.5 Å². The molecule has 0 bridgehead atoms.